The SMILES string of the molecule is O=C(Nc1ccc(F)cc1)C1(C(=O)N2CCN(c3ccc(F)cc3)CC2)CC1. The zero-order valence-corrected chi connectivity index (χ0v) is 15.3. The van der Waals surface area contributed by atoms with Crippen molar-refractivity contribution in [3.63, 3.8) is 0 Å². The summed E-state index contributed by atoms with van der Waals surface area (Å²) in [5, 5.41) is 2.73. The van der Waals surface area contributed by atoms with Crippen LogP contribution in [0.15, 0.2) is 48.5 Å². The predicted molar refractivity (Wildman–Crippen MR) is 102 cm³/mol. The lowest BCUT2D eigenvalue weighted by atomic mass is 10.0. The molecule has 146 valence electrons. The van der Waals surface area contributed by atoms with E-state index in [4.69, 9.17) is 0 Å². The van der Waals surface area contributed by atoms with Gasteiger partial charge in [-0.05, 0) is 61.4 Å². The second kappa shape index (κ2) is 7.22. The van der Waals surface area contributed by atoms with E-state index in [0.29, 0.717) is 44.7 Å². The average molecular weight is 385 g/mol. The molecule has 2 aromatic rings. The van der Waals surface area contributed by atoms with E-state index in [1.165, 1.54) is 36.4 Å². The lowest BCUT2D eigenvalue weighted by Crippen LogP contribution is -2.52. The van der Waals surface area contributed by atoms with Crippen LogP contribution < -0.4 is 10.2 Å². The van der Waals surface area contributed by atoms with E-state index in [1.54, 1.807) is 17.0 Å². The van der Waals surface area contributed by atoms with Gasteiger partial charge in [-0.3, -0.25) is 9.59 Å². The highest BCUT2D eigenvalue weighted by atomic mass is 19.1. The molecule has 28 heavy (non-hydrogen) atoms. The molecule has 4 rings (SSSR count). The summed E-state index contributed by atoms with van der Waals surface area (Å²) in [5.74, 6) is -1.13. The number of rotatable bonds is 4. The highest BCUT2D eigenvalue weighted by Gasteiger charge is 2.58. The summed E-state index contributed by atoms with van der Waals surface area (Å²) < 4.78 is 26.1. The summed E-state index contributed by atoms with van der Waals surface area (Å²) in [4.78, 5) is 29.5. The molecular weight excluding hydrogens is 364 g/mol. The first kappa shape index (κ1) is 18.4. The molecule has 1 aliphatic heterocycles. The maximum absolute atomic E-state index is 13.1. The first-order valence-electron chi connectivity index (χ1n) is 9.35. The van der Waals surface area contributed by atoms with Crippen LogP contribution in [0.25, 0.3) is 0 Å². The third-order valence-electron chi connectivity index (χ3n) is 5.45. The Hall–Kier alpha value is -2.96. The van der Waals surface area contributed by atoms with Crippen LogP contribution in [0.2, 0.25) is 0 Å². The molecule has 1 heterocycles. The van der Waals surface area contributed by atoms with Gasteiger partial charge >= 0.3 is 0 Å². The van der Waals surface area contributed by atoms with Gasteiger partial charge in [0.1, 0.15) is 17.0 Å². The third kappa shape index (κ3) is 3.56. The molecule has 1 saturated heterocycles. The molecule has 5 nitrogen and oxygen atoms in total. The summed E-state index contributed by atoms with van der Waals surface area (Å²) in [6, 6.07) is 11.8. The van der Waals surface area contributed by atoms with Crippen molar-refractivity contribution in [2.45, 2.75) is 12.8 Å². The topological polar surface area (TPSA) is 52.7 Å². The number of nitrogens with one attached hydrogen (secondary N) is 1. The van der Waals surface area contributed by atoms with Gasteiger partial charge in [-0.15, -0.1) is 0 Å². The molecule has 1 saturated carbocycles. The molecule has 7 heteroatoms. The molecule has 0 atom stereocenters. The Morgan fingerprint density at radius 3 is 1.89 bits per heavy atom. The van der Waals surface area contributed by atoms with Crippen molar-refractivity contribution < 1.29 is 18.4 Å². The van der Waals surface area contributed by atoms with Gasteiger partial charge in [-0.2, -0.15) is 0 Å². The summed E-state index contributed by atoms with van der Waals surface area (Å²) in [6.07, 6.45) is 1.05. The van der Waals surface area contributed by atoms with Gasteiger partial charge in [-0.25, -0.2) is 8.78 Å². The molecule has 0 bridgehead atoms. The summed E-state index contributed by atoms with van der Waals surface area (Å²) in [6.45, 7) is 2.30. The Kier molecular flexibility index (Phi) is 4.75. The van der Waals surface area contributed by atoms with E-state index in [-0.39, 0.29) is 23.4 Å². The number of anilines is 2. The Morgan fingerprint density at radius 2 is 1.36 bits per heavy atom. The van der Waals surface area contributed by atoms with Crippen molar-refractivity contribution in [3.05, 3.63) is 60.2 Å². The summed E-state index contributed by atoms with van der Waals surface area (Å²) in [7, 11) is 0. The molecule has 1 aliphatic carbocycles. The van der Waals surface area contributed by atoms with Crippen LogP contribution >= 0.6 is 0 Å². The summed E-state index contributed by atoms with van der Waals surface area (Å²) in [5.41, 5.74) is 0.391. The first-order valence-corrected chi connectivity index (χ1v) is 9.35. The number of piperazine rings is 1. The number of halogens is 2. The number of carbonyl (C=O) groups is 2. The van der Waals surface area contributed by atoms with Crippen molar-refractivity contribution >= 4 is 23.2 Å². The van der Waals surface area contributed by atoms with Crippen LogP contribution in [-0.4, -0.2) is 42.9 Å². The molecule has 1 N–H and O–H groups in total. The molecular formula is C21H21F2N3O2. The van der Waals surface area contributed by atoms with E-state index in [9.17, 15) is 18.4 Å². The number of amides is 2. The van der Waals surface area contributed by atoms with Gasteiger partial charge in [0.25, 0.3) is 0 Å². The van der Waals surface area contributed by atoms with Gasteiger partial charge in [0.05, 0.1) is 0 Å². The quantitative estimate of drug-likeness (QED) is 0.824. The zero-order valence-electron chi connectivity index (χ0n) is 15.3. The Morgan fingerprint density at radius 1 is 0.821 bits per heavy atom. The van der Waals surface area contributed by atoms with E-state index in [1.807, 2.05) is 0 Å². The van der Waals surface area contributed by atoms with E-state index in [2.05, 4.69) is 10.2 Å². The fraction of sp³-hybridized carbons (Fsp3) is 0.333. The van der Waals surface area contributed by atoms with Crippen LogP contribution in [0, 0.1) is 17.0 Å². The third-order valence-corrected chi connectivity index (χ3v) is 5.45. The van der Waals surface area contributed by atoms with E-state index >= 15 is 0 Å². The molecule has 2 fully saturated rings. The molecule has 2 amide bonds. The maximum Gasteiger partial charge on any atom is 0.240 e. The molecule has 2 aliphatic rings. The molecule has 0 spiro atoms. The number of carbonyl (C=O) groups excluding carboxylic acids is 2. The van der Waals surface area contributed by atoms with Gasteiger partial charge in [-0.1, -0.05) is 0 Å². The second-order valence-electron chi connectivity index (χ2n) is 7.30. The van der Waals surface area contributed by atoms with E-state index < -0.39 is 5.41 Å². The van der Waals surface area contributed by atoms with Crippen molar-refractivity contribution in [3.8, 4) is 0 Å². The molecule has 0 radical (unpaired) electrons. The minimum atomic E-state index is -1.01. The van der Waals surface area contributed by atoms with Gasteiger partial charge < -0.3 is 15.1 Å². The minimum absolute atomic E-state index is 0.147. The minimum Gasteiger partial charge on any atom is -0.368 e. The highest BCUT2D eigenvalue weighted by Crippen LogP contribution is 2.48. The van der Waals surface area contributed by atoms with Crippen LogP contribution in [-0.2, 0) is 9.59 Å². The number of hydrogen-bond acceptors (Lipinski definition) is 3. The Bertz CT molecular complexity index is 872. The lowest BCUT2D eigenvalue weighted by molar-refractivity contribution is -0.142. The smallest absolute Gasteiger partial charge is 0.240 e. The highest BCUT2D eigenvalue weighted by molar-refractivity contribution is 6.13. The summed E-state index contributed by atoms with van der Waals surface area (Å²) >= 11 is 0. The normalized spacial score (nSPS) is 17.9. The number of hydrogen-bond donors (Lipinski definition) is 1. The molecule has 2 aromatic carbocycles. The fourth-order valence-corrected chi connectivity index (χ4v) is 3.57. The van der Waals surface area contributed by atoms with Crippen molar-refractivity contribution in [1.29, 1.82) is 0 Å². The van der Waals surface area contributed by atoms with Crippen molar-refractivity contribution in [2.24, 2.45) is 5.41 Å². The Balaban J connectivity index is 1.37. The van der Waals surface area contributed by atoms with Crippen molar-refractivity contribution in [1.82, 2.24) is 4.90 Å². The zero-order chi connectivity index (χ0) is 19.7. The largest absolute Gasteiger partial charge is 0.368 e. The van der Waals surface area contributed by atoms with Gasteiger partial charge in [0, 0.05) is 37.6 Å². The average Bonchev–Trinajstić information content (AvgIpc) is 3.52. The van der Waals surface area contributed by atoms with Gasteiger partial charge in [0.15, 0.2) is 0 Å². The van der Waals surface area contributed by atoms with E-state index in [0.717, 1.165) is 5.69 Å². The Labute approximate surface area is 161 Å². The lowest BCUT2D eigenvalue weighted by Gasteiger charge is -2.37. The van der Waals surface area contributed by atoms with Crippen LogP contribution in [0.5, 0.6) is 0 Å². The van der Waals surface area contributed by atoms with Crippen LogP contribution in [0.3, 0.4) is 0 Å². The standard InChI is InChI=1S/C21H21F2N3O2/c22-15-1-5-17(6-2-15)24-19(27)21(9-10-21)20(28)26-13-11-25(12-14-26)18-7-3-16(23)4-8-18/h1-8H,9-14H2,(H,24,27). The van der Waals surface area contributed by atoms with Crippen molar-refractivity contribution in [2.75, 3.05) is 36.4 Å². The number of nitrogens with zero attached hydrogens (tertiary/aromatic N) is 2. The van der Waals surface area contributed by atoms with Crippen LogP contribution in [0.4, 0.5) is 20.2 Å². The molecule has 0 unspecified atom stereocenters. The second-order valence-corrected chi connectivity index (χ2v) is 7.30. The number of benzene rings is 2. The first-order chi connectivity index (χ1) is 13.5. The monoisotopic (exact) mass is 385 g/mol. The van der Waals surface area contributed by atoms with Crippen LogP contribution in [0.1, 0.15) is 12.8 Å². The predicted octanol–water partition coefficient (Wildman–Crippen LogP) is 3.03. The van der Waals surface area contributed by atoms with Gasteiger partial charge in [0.2, 0.25) is 11.8 Å². The molecule has 0 aromatic heterocycles. The fourth-order valence-electron chi connectivity index (χ4n) is 3.57. The maximum atomic E-state index is 13.1.